The molecule has 1 N–H and O–H groups in total. The molecule has 1 aliphatic carbocycles. The summed E-state index contributed by atoms with van der Waals surface area (Å²) in [5.74, 6) is 0. The van der Waals surface area contributed by atoms with E-state index in [1.165, 1.54) is 6.42 Å². The molecule has 2 rings (SSSR count). The molecule has 2 fully saturated rings. The fourth-order valence-corrected chi connectivity index (χ4v) is 3.44. The van der Waals surface area contributed by atoms with E-state index in [0.717, 1.165) is 39.0 Å². The zero-order valence-electron chi connectivity index (χ0n) is 11.8. The Morgan fingerprint density at radius 3 is 2.83 bits per heavy atom. The standard InChI is InChI=1S/C14H25N3O/c1-13(2)11-18-8-7-17(13)12-5-4-6-14(9-12,10-15)16-3/h12,16H,4-9,11H2,1-3H3. The molecule has 1 saturated heterocycles. The van der Waals surface area contributed by atoms with Crippen LogP contribution >= 0.6 is 0 Å². The van der Waals surface area contributed by atoms with Crippen LogP contribution < -0.4 is 5.32 Å². The van der Waals surface area contributed by atoms with E-state index in [1.54, 1.807) is 0 Å². The molecular formula is C14H25N3O. The summed E-state index contributed by atoms with van der Waals surface area (Å²) in [5.41, 5.74) is -0.230. The van der Waals surface area contributed by atoms with Crippen molar-refractivity contribution >= 4 is 0 Å². The smallest absolute Gasteiger partial charge is 0.108 e. The van der Waals surface area contributed by atoms with E-state index in [0.29, 0.717) is 6.04 Å². The molecule has 0 aromatic heterocycles. The highest BCUT2D eigenvalue weighted by Crippen LogP contribution is 2.34. The van der Waals surface area contributed by atoms with Crippen molar-refractivity contribution in [2.24, 2.45) is 0 Å². The summed E-state index contributed by atoms with van der Waals surface area (Å²) in [6.07, 6.45) is 4.24. The molecular weight excluding hydrogens is 226 g/mol. The van der Waals surface area contributed by atoms with Crippen LogP contribution in [-0.4, -0.2) is 48.8 Å². The first kappa shape index (κ1) is 13.8. The van der Waals surface area contributed by atoms with Crippen molar-refractivity contribution in [1.82, 2.24) is 10.2 Å². The third kappa shape index (κ3) is 2.54. The molecule has 1 saturated carbocycles. The third-order valence-electron chi connectivity index (χ3n) is 4.57. The topological polar surface area (TPSA) is 48.3 Å². The average Bonchev–Trinajstić information content (AvgIpc) is 2.38. The molecule has 0 bridgehead atoms. The molecule has 2 aliphatic rings. The van der Waals surface area contributed by atoms with Crippen LogP contribution in [0.5, 0.6) is 0 Å². The zero-order valence-corrected chi connectivity index (χ0v) is 11.8. The van der Waals surface area contributed by atoms with Gasteiger partial charge in [0.15, 0.2) is 0 Å². The summed E-state index contributed by atoms with van der Waals surface area (Å²) in [4.78, 5) is 2.55. The van der Waals surface area contributed by atoms with E-state index in [2.05, 4.69) is 30.1 Å². The van der Waals surface area contributed by atoms with Gasteiger partial charge in [-0.25, -0.2) is 0 Å². The lowest BCUT2D eigenvalue weighted by molar-refractivity contribution is -0.0820. The summed E-state index contributed by atoms with van der Waals surface area (Å²) in [7, 11) is 1.91. The van der Waals surface area contributed by atoms with Crippen molar-refractivity contribution in [2.75, 3.05) is 26.8 Å². The van der Waals surface area contributed by atoms with Crippen molar-refractivity contribution in [2.45, 2.75) is 56.7 Å². The predicted octanol–water partition coefficient (Wildman–Crippen LogP) is 1.52. The average molecular weight is 251 g/mol. The van der Waals surface area contributed by atoms with Gasteiger partial charge in [-0.3, -0.25) is 4.90 Å². The van der Waals surface area contributed by atoms with E-state index < -0.39 is 0 Å². The molecule has 0 aromatic carbocycles. The van der Waals surface area contributed by atoms with E-state index in [1.807, 2.05) is 7.05 Å². The first-order chi connectivity index (χ1) is 8.53. The second-order valence-electron chi connectivity index (χ2n) is 6.25. The van der Waals surface area contributed by atoms with Crippen molar-refractivity contribution in [3.63, 3.8) is 0 Å². The summed E-state index contributed by atoms with van der Waals surface area (Å²) in [6.45, 7) is 7.09. The summed E-state index contributed by atoms with van der Waals surface area (Å²) >= 11 is 0. The molecule has 102 valence electrons. The molecule has 0 amide bonds. The molecule has 18 heavy (non-hydrogen) atoms. The molecule has 2 atom stereocenters. The van der Waals surface area contributed by atoms with Gasteiger partial charge in [0.1, 0.15) is 5.54 Å². The van der Waals surface area contributed by atoms with Crippen molar-refractivity contribution in [3.05, 3.63) is 0 Å². The summed E-state index contributed by atoms with van der Waals surface area (Å²) in [5, 5.41) is 12.7. The quantitative estimate of drug-likeness (QED) is 0.808. The first-order valence-electron chi connectivity index (χ1n) is 6.98. The van der Waals surface area contributed by atoms with E-state index in [4.69, 9.17) is 4.74 Å². The molecule has 1 aliphatic heterocycles. The molecule has 1 heterocycles. The monoisotopic (exact) mass is 251 g/mol. The highest BCUT2D eigenvalue weighted by Gasteiger charge is 2.42. The van der Waals surface area contributed by atoms with Crippen molar-refractivity contribution in [3.8, 4) is 6.07 Å². The van der Waals surface area contributed by atoms with Crippen molar-refractivity contribution < 1.29 is 4.74 Å². The maximum atomic E-state index is 9.43. The Kier molecular flexibility index (Phi) is 3.96. The second-order valence-corrected chi connectivity index (χ2v) is 6.25. The number of nitrogens with one attached hydrogen (secondary N) is 1. The van der Waals surface area contributed by atoms with Crippen LogP contribution in [0.3, 0.4) is 0 Å². The fourth-order valence-electron chi connectivity index (χ4n) is 3.44. The molecule has 4 nitrogen and oxygen atoms in total. The Hall–Kier alpha value is -0.630. The number of morpholine rings is 1. The van der Waals surface area contributed by atoms with Crippen LogP contribution in [0.15, 0.2) is 0 Å². The molecule has 0 spiro atoms. The van der Waals surface area contributed by atoms with Gasteiger partial charge in [0.2, 0.25) is 0 Å². The Morgan fingerprint density at radius 1 is 1.44 bits per heavy atom. The van der Waals surface area contributed by atoms with E-state index in [9.17, 15) is 5.26 Å². The zero-order chi connectivity index (χ0) is 13.2. The highest BCUT2D eigenvalue weighted by atomic mass is 16.5. The van der Waals surface area contributed by atoms with Gasteiger partial charge in [-0.1, -0.05) is 0 Å². The molecule has 2 unspecified atom stereocenters. The van der Waals surface area contributed by atoms with Gasteiger partial charge in [0, 0.05) is 18.1 Å². The van der Waals surface area contributed by atoms with Crippen LogP contribution in [-0.2, 0) is 4.74 Å². The number of hydrogen-bond acceptors (Lipinski definition) is 4. The SMILES string of the molecule is CNC1(C#N)CCCC(N2CCOCC2(C)C)C1. The molecule has 0 aromatic rings. The van der Waals surface area contributed by atoms with E-state index >= 15 is 0 Å². The van der Waals surface area contributed by atoms with Gasteiger partial charge in [-0.2, -0.15) is 5.26 Å². The van der Waals surface area contributed by atoms with Crippen LogP contribution in [0.2, 0.25) is 0 Å². The lowest BCUT2D eigenvalue weighted by atomic mass is 9.78. The lowest BCUT2D eigenvalue weighted by Crippen LogP contribution is -2.60. The second kappa shape index (κ2) is 5.16. The Balaban J connectivity index is 2.11. The van der Waals surface area contributed by atoms with Gasteiger partial charge >= 0.3 is 0 Å². The number of rotatable bonds is 2. The summed E-state index contributed by atoms with van der Waals surface area (Å²) < 4.78 is 5.59. The Morgan fingerprint density at radius 2 is 2.22 bits per heavy atom. The lowest BCUT2D eigenvalue weighted by Gasteiger charge is -2.50. The van der Waals surface area contributed by atoms with Crippen LogP contribution in [0, 0.1) is 11.3 Å². The number of nitriles is 1. The van der Waals surface area contributed by atoms with Gasteiger partial charge in [0.05, 0.1) is 19.3 Å². The van der Waals surface area contributed by atoms with Crippen LogP contribution in [0.25, 0.3) is 0 Å². The number of ether oxygens (including phenoxy) is 1. The van der Waals surface area contributed by atoms with Crippen molar-refractivity contribution in [1.29, 1.82) is 5.26 Å². The maximum Gasteiger partial charge on any atom is 0.108 e. The van der Waals surface area contributed by atoms with Gasteiger partial charge in [-0.05, 0) is 46.6 Å². The number of hydrogen-bond donors (Lipinski definition) is 1. The van der Waals surface area contributed by atoms with Gasteiger partial charge in [-0.15, -0.1) is 0 Å². The molecule has 4 heteroatoms. The largest absolute Gasteiger partial charge is 0.378 e. The van der Waals surface area contributed by atoms with Crippen LogP contribution in [0.4, 0.5) is 0 Å². The minimum absolute atomic E-state index is 0.0925. The minimum atomic E-state index is -0.322. The minimum Gasteiger partial charge on any atom is -0.378 e. The Labute approximate surface area is 110 Å². The third-order valence-corrected chi connectivity index (χ3v) is 4.57. The first-order valence-corrected chi connectivity index (χ1v) is 6.98. The van der Waals surface area contributed by atoms with Gasteiger partial charge in [0.25, 0.3) is 0 Å². The fraction of sp³-hybridized carbons (Fsp3) is 0.929. The number of nitrogens with zero attached hydrogens (tertiary/aromatic N) is 2. The highest BCUT2D eigenvalue weighted by molar-refractivity contribution is 5.11. The predicted molar refractivity (Wildman–Crippen MR) is 71.3 cm³/mol. The molecule has 0 radical (unpaired) electrons. The van der Waals surface area contributed by atoms with Crippen LogP contribution in [0.1, 0.15) is 39.5 Å². The Bertz CT molecular complexity index is 336. The van der Waals surface area contributed by atoms with Gasteiger partial charge < -0.3 is 10.1 Å². The maximum absolute atomic E-state index is 9.43. The summed E-state index contributed by atoms with van der Waals surface area (Å²) in [6, 6.07) is 3.00. The normalized spacial score (nSPS) is 37.1. The van der Waals surface area contributed by atoms with E-state index in [-0.39, 0.29) is 11.1 Å².